The second-order valence-electron chi connectivity index (χ2n) is 8.38. The van der Waals surface area contributed by atoms with Gasteiger partial charge in [0.1, 0.15) is 11.2 Å². The Bertz CT molecular complexity index is 1930. The monoisotopic (exact) mass is 435 g/mol. The molecule has 7 rings (SSSR count). The summed E-state index contributed by atoms with van der Waals surface area (Å²) in [5.41, 5.74) is 7.25. The molecule has 4 nitrogen and oxygen atoms in total. The second kappa shape index (κ2) is 7.06. The standard InChI is InChI=1S/C30H17N3O/c31-18-19-13-14-32-25(15-19)22-9-2-5-11-27(22)33-26-10-4-1-7-20(26)23-16-24-21-8-3-6-12-29(21)34-30(24)17-28(23)33/h1-17H. The van der Waals surface area contributed by atoms with E-state index < -0.39 is 0 Å². The summed E-state index contributed by atoms with van der Waals surface area (Å²) in [5.74, 6) is 0. The van der Waals surface area contributed by atoms with Gasteiger partial charge in [-0.3, -0.25) is 4.98 Å². The van der Waals surface area contributed by atoms with E-state index >= 15 is 0 Å². The first-order chi connectivity index (χ1) is 16.8. The van der Waals surface area contributed by atoms with Gasteiger partial charge in [0, 0.05) is 39.4 Å². The van der Waals surface area contributed by atoms with Gasteiger partial charge < -0.3 is 8.98 Å². The van der Waals surface area contributed by atoms with Crippen LogP contribution in [0, 0.1) is 11.3 Å². The number of furan rings is 1. The molecule has 0 amide bonds. The van der Waals surface area contributed by atoms with Gasteiger partial charge in [0.05, 0.1) is 34.0 Å². The largest absolute Gasteiger partial charge is 0.456 e. The number of fused-ring (bicyclic) bond motifs is 6. The molecule has 0 unspecified atom stereocenters. The minimum atomic E-state index is 0.589. The third kappa shape index (κ3) is 2.61. The number of hydrogen-bond donors (Lipinski definition) is 0. The first-order valence-electron chi connectivity index (χ1n) is 11.1. The number of pyridine rings is 1. The first-order valence-corrected chi connectivity index (χ1v) is 11.1. The summed E-state index contributed by atoms with van der Waals surface area (Å²) in [6.07, 6.45) is 1.69. The lowest BCUT2D eigenvalue weighted by atomic mass is 10.1. The lowest BCUT2D eigenvalue weighted by Gasteiger charge is -2.13. The Labute approximate surface area is 194 Å². The zero-order chi connectivity index (χ0) is 22.6. The molecule has 4 aromatic carbocycles. The number of benzene rings is 4. The number of para-hydroxylation sites is 3. The van der Waals surface area contributed by atoms with Crippen molar-refractivity contribution in [1.82, 2.24) is 9.55 Å². The Hall–Kier alpha value is -4.88. The lowest BCUT2D eigenvalue weighted by molar-refractivity contribution is 0.669. The van der Waals surface area contributed by atoms with Crippen LogP contribution < -0.4 is 0 Å². The Morgan fingerprint density at radius 1 is 0.676 bits per heavy atom. The summed E-state index contributed by atoms with van der Waals surface area (Å²) in [6.45, 7) is 0. The molecule has 3 heterocycles. The van der Waals surface area contributed by atoms with Gasteiger partial charge in [0.15, 0.2) is 0 Å². The molecule has 0 fully saturated rings. The molecule has 7 aromatic rings. The second-order valence-corrected chi connectivity index (χ2v) is 8.38. The van der Waals surface area contributed by atoms with Crippen LogP contribution in [0.3, 0.4) is 0 Å². The van der Waals surface area contributed by atoms with E-state index in [0.717, 1.165) is 49.9 Å². The van der Waals surface area contributed by atoms with Gasteiger partial charge in [-0.1, -0.05) is 54.6 Å². The maximum atomic E-state index is 9.41. The molecule has 0 bridgehead atoms. The van der Waals surface area contributed by atoms with Gasteiger partial charge >= 0.3 is 0 Å². The van der Waals surface area contributed by atoms with Gasteiger partial charge in [0.25, 0.3) is 0 Å². The number of nitriles is 1. The summed E-state index contributed by atoms with van der Waals surface area (Å²) in [7, 11) is 0. The van der Waals surface area contributed by atoms with E-state index in [1.54, 1.807) is 12.3 Å². The maximum Gasteiger partial charge on any atom is 0.137 e. The molecule has 3 aromatic heterocycles. The van der Waals surface area contributed by atoms with Gasteiger partial charge in [-0.15, -0.1) is 0 Å². The molecule has 0 saturated carbocycles. The maximum absolute atomic E-state index is 9.41. The highest BCUT2D eigenvalue weighted by Crippen LogP contribution is 2.39. The highest BCUT2D eigenvalue weighted by Gasteiger charge is 2.18. The zero-order valence-corrected chi connectivity index (χ0v) is 18.1. The highest BCUT2D eigenvalue weighted by molar-refractivity contribution is 6.17. The average Bonchev–Trinajstić information content (AvgIpc) is 3.42. The fourth-order valence-corrected chi connectivity index (χ4v) is 4.98. The van der Waals surface area contributed by atoms with E-state index in [1.165, 1.54) is 10.8 Å². The fourth-order valence-electron chi connectivity index (χ4n) is 4.98. The van der Waals surface area contributed by atoms with Gasteiger partial charge in [0.2, 0.25) is 0 Å². The molecule has 158 valence electrons. The van der Waals surface area contributed by atoms with Crippen LogP contribution in [0.1, 0.15) is 5.56 Å². The molecule has 0 N–H and O–H groups in total. The molecule has 34 heavy (non-hydrogen) atoms. The van der Waals surface area contributed by atoms with Crippen molar-refractivity contribution in [2.75, 3.05) is 0 Å². The molecule has 0 atom stereocenters. The van der Waals surface area contributed by atoms with Crippen LogP contribution >= 0.6 is 0 Å². The molecule has 0 aliphatic heterocycles. The third-order valence-electron chi connectivity index (χ3n) is 6.48. The fraction of sp³-hybridized carbons (Fsp3) is 0. The van der Waals surface area contributed by atoms with Crippen LogP contribution in [0.2, 0.25) is 0 Å². The lowest BCUT2D eigenvalue weighted by Crippen LogP contribution is -1.98. The van der Waals surface area contributed by atoms with Crippen molar-refractivity contribution in [3.05, 3.63) is 109 Å². The number of hydrogen-bond acceptors (Lipinski definition) is 3. The minimum absolute atomic E-state index is 0.589. The van der Waals surface area contributed by atoms with Crippen LogP contribution in [-0.2, 0) is 0 Å². The van der Waals surface area contributed by atoms with Crippen LogP contribution in [0.15, 0.2) is 108 Å². The Morgan fingerprint density at radius 3 is 2.38 bits per heavy atom. The SMILES string of the molecule is N#Cc1ccnc(-c2ccccc2-n2c3ccccc3c3cc4c(cc32)oc2ccccc24)c1. The number of rotatable bonds is 2. The third-order valence-corrected chi connectivity index (χ3v) is 6.48. The van der Waals surface area contributed by atoms with E-state index in [1.807, 2.05) is 36.4 Å². The topological polar surface area (TPSA) is 54.8 Å². The average molecular weight is 435 g/mol. The Balaban J connectivity index is 1.61. The molecular weight excluding hydrogens is 418 g/mol. The highest BCUT2D eigenvalue weighted by atomic mass is 16.3. The molecule has 0 aliphatic carbocycles. The van der Waals surface area contributed by atoms with E-state index in [0.29, 0.717) is 5.56 Å². The van der Waals surface area contributed by atoms with E-state index in [9.17, 15) is 5.26 Å². The number of aromatic nitrogens is 2. The van der Waals surface area contributed by atoms with Crippen molar-refractivity contribution in [3.63, 3.8) is 0 Å². The van der Waals surface area contributed by atoms with Crippen LogP contribution in [0.25, 0.3) is 60.7 Å². The summed E-state index contributed by atoms with van der Waals surface area (Å²) < 4.78 is 8.50. The van der Waals surface area contributed by atoms with Crippen molar-refractivity contribution in [2.45, 2.75) is 0 Å². The van der Waals surface area contributed by atoms with E-state index in [4.69, 9.17) is 4.42 Å². The first kappa shape index (κ1) is 18.7. The zero-order valence-electron chi connectivity index (χ0n) is 18.1. The van der Waals surface area contributed by atoms with E-state index in [2.05, 4.69) is 70.2 Å². The molecular formula is C30H17N3O. The summed E-state index contributed by atoms with van der Waals surface area (Å²) in [6, 6.07) is 35.0. The quantitative estimate of drug-likeness (QED) is 0.281. The molecule has 4 heteroatoms. The smallest absolute Gasteiger partial charge is 0.137 e. The predicted molar refractivity (Wildman–Crippen MR) is 136 cm³/mol. The van der Waals surface area contributed by atoms with Crippen molar-refractivity contribution in [3.8, 4) is 23.0 Å². The predicted octanol–water partition coefficient (Wildman–Crippen LogP) is 7.62. The van der Waals surface area contributed by atoms with Crippen LogP contribution in [0.4, 0.5) is 0 Å². The summed E-state index contributed by atoms with van der Waals surface area (Å²) in [4.78, 5) is 4.58. The summed E-state index contributed by atoms with van der Waals surface area (Å²) >= 11 is 0. The molecule has 0 saturated heterocycles. The molecule has 0 aliphatic rings. The Morgan fingerprint density at radius 2 is 1.47 bits per heavy atom. The van der Waals surface area contributed by atoms with Crippen molar-refractivity contribution < 1.29 is 4.42 Å². The number of nitrogens with zero attached hydrogens (tertiary/aromatic N) is 3. The minimum Gasteiger partial charge on any atom is -0.456 e. The molecule has 0 spiro atoms. The summed E-state index contributed by atoms with van der Waals surface area (Å²) in [5, 5.41) is 14.0. The Kier molecular flexibility index (Phi) is 3.88. The van der Waals surface area contributed by atoms with Gasteiger partial charge in [-0.05, 0) is 36.4 Å². The van der Waals surface area contributed by atoms with E-state index in [-0.39, 0.29) is 0 Å². The van der Waals surface area contributed by atoms with Gasteiger partial charge in [-0.25, -0.2) is 0 Å². The van der Waals surface area contributed by atoms with Crippen LogP contribution in [0.5, 0.6) is 0 Å². The van der Waals surface area contributed by atoms with Crippen molar-refractivity contribution in [1.29, 1.82) is 5.26 Å². The normalized spacial score (nSPS) is 11.5. The van der Waals surface area contributed by atoms with Crippen molar-refractivity contribution >= 4 is 43.7 Å². The molecule has 0 radical (unpaired) electrons. The van der Waals surface area contributed by atoms with Gasteiger partial charge in [-0.2, -0.15) is 5.26 Å². The van der Waals surface area contributed by atoms with Crippen molar-refractivity contribution in [2.24, 2.45) is 0 Å². The van der Waals surface area contributed by atoms with Crippen LogP contribution in [-0.4, -0.2) is 9.55 Å².